The van der Waals surface area contributed by atoms with Crippen LogP contribution in [0.2, 0.25) is 0 Å². The normalized spacial score (nSPS) is 16.9. The lowest BCUT2D eigenvalue weighted by Gasteiger charge is -2.34. The Morgan fingerprint density at radius 1 is 1.30 bits per heavy atom. The molecule has 1 aliphatic heterocycles. The third-order valence-corrected chi connectivity index (χ3v) is 3.65. The summed E-state index contributed by atoms with van der Waals surface area (Å²) in [6.45, 7) is 2.28. The molecular weight excluding hydrogens is 264 g/mol. The number of hydrogen-bond acceptors (Lipinski definition) is 4. The van der Waals surface area contributed by atoms with Crippen LogP contribution in [0.1, 0.15) is 17.4 Å². The van der Waals surface area contributed by atoms with Gasteiger partial charge in [-0.15, -0.1) is 10.2 Å². The summed E-state index contributed by atoms with van der Waals surface area (Å²) in [6.07, 6.45) is 1.68. The van der Waals surface area contributed by atoms with Crippen molar-refractivity contribution in [2.45, 2.75) is 19.1 Å². The highest BCUT2D eigenvalue weighted by molar-refractivity contribution is 5.23. The van der Waals surface area contributed by atoms with Gasteiger partial charge in [-0.3, -0.25) is 4.90 Å². The largest absolute Gasteiger partial charge is 0.329 e. The van der Waals surface area contributed by atoms with Crippen LogP contribution in [-0.4, -0.2) is 32.8 Å². The van der Waals surface area contributed by atoms with E-state index in [4.69, 9.17) is 5.73 Å². The molecule has 0 saturated carbocycles. The predicted octanol–water partition coefficient (Wildman–Crippen LogP) is 1.07. The van der Waals surface area contributed by atoms with Gasteiger partial charge in [0.05, 0.1) is 12.6 Å². The van der Waals surface area contributed by atoms with Crippen LogP contribution in [-0.2, 0) is 13.1 Å². The van der Waals surface area contributed by atoms with Crippen LogP contribution in [0, 0.1) is 11.6 Å². The zero-order valence-corrected chi connectivity index (χ0v) is 10.8. The highest BCUT2D eigenvalue weighted by Gasteiger charge is 2.26. The molecule has 2 aromatic rings. The monoisotopic (exact) mass is 279 g/mol. The maximum atomic E-state index is 13.9. The van der Waals surface area contributed by atoms with E-state index in [0.29, 0.717) is 12.1 Å². The standard InChI is InChI=1S/C13H15F2N5/c14-9-1-2-10(11(15)5-9)12(6-16)19-3-4-20-8-17-18-13(20)7-19/h1-2,5,8,12H,3-4,6-7,16H2. The van der Waals surface area contributed by atoms with Crippen molar-refractivity contribution >= 4 is 0 Å². The molecule has 1 unspecified atom stereocenters. The summed E-state index contributed by atoms with van der Waals surface area (Å²) in [5.41, 5.74) is 6.21. The van der Waals surface area contributed by atoms with Gasteiger partial charge in [0, 0.05) is 31.3 Å². The number of nitrogens with zero attached hydrogens (tertiary/aromatic N) is 4. The van der Waals surface area contributed by atoms with Crippen molar-refractivity contribution in [2.75, 3.05) is 13.1 Å². The molecule has 0 saturated heterocycles. The summed E-state index contributed by atoms with van der Waals surface area (Å²) < 4.78 is 28.9. The minimum atomic E-state index is -0.583. The first-order chi connectivity index (χ1) is 9.69. The van der Waals surface area contributed by atoms with E-state index in [1.54, 1.807) is 6.33 Å². The van der Waals surface area contributed by atoms with E-state index in [2.05, 4.69) is 10.2 Å². The van der Waals surface area contributed by atoms with Crippen molar-refractivity contribution in [1.82, 2.24) is 19.7 Å². The molecule has 1 atom stereocenters. The van der Waals surface area contributed by atoms with Crippen LogP contribution in [0.3, 0.4) is 0 Å². The second-order valence-electron chi connectivity index (χ2n) is 4.83. The number of aromatic nitrogens is 3. The van der Waals surface area contributed by atoms with Crippen LogP contribution in [0.25, 0.3) is 0 Å². The smallest absolute Gasteiger partial charge is 0.147 e. The topological polar surface area (TPSA) is 60.0 Å². The SMILES string of the molecule is NCC(c1ccc(F)cc1F)N1CCn2cnnc2C1. The molecule has 0 amide bonds. The van der Waals surface area contributed by atoms with E-state index in [1.165, 1.54) is 12.1 Å². The van der Waals surface area contributed by atoms with Crippen LogP contribution in [0.5, 0.6) is 0 Å². The first-order valence-corrected chi connectivity index (χ1v) is 6.45. The van der Waals surface area contributed by atoms with Gasteiger partial charge in [0.2, 0.25) is 0 Å². The molecule has 3 rings (SSSR count). The minimum absolute atomic E-state index is 0.261. The fourth-order valence-corrected chi connectivity index (χ4v) is 2.60. The van der Waals surface area contributed by atoms with Crippen molar-refractivity contribution < 1.29 is 8.78 Å². The minimum Gasteiger partial charge on any atom is -0.329 e. The molecule has 0 bridgehead atoms. The third kappa shape index (κ3) is 2.30. The fourth-order valence-electron chi connectivity index (χ4n) is 2.60. The zero-order chi connectivity index (χ0) is 14.1. The molecule has 5 nitrogen and oxygen atoms in total. The molecular formula is C13H15F2N5. The van der Waals surface area contributed by atoms with E-state index in [0.717, 1.165) is 25.0 Å². The Labute approximate surface area is 115 Å². The maximum Gasteiger partial charge on any atom is 0.147 e. The summed E-state index contributed by atoms with van der Waals surface area (Å²) >= 11 is 0. The Kier molecular flexibility index (Phi) is 3.45. The van der Waals surface area contributed by atoms with Crippen molar-refractivity contribution in [3.8, 4) is 0 Å². The van der Waals surface area contributed by atoms with Gasteiger partial charge in [-0.2, -0.15) is 0 Å². The molecule has 0 fully saturated rings. The number of halogens is 2. The van der Waals surface area contributed by atoms with Gasteiger partial charge in [0.15, 0.2) is 0 Å². The number of nitrogens with two attached hydrogens (primary N) is 1. The average Bonchev–Trinajstić information content (AvgIpc) is 2.89. The molecule has 7 heteroatoms. The van der Waals surface area contributed by atoms with Crippen LogP contribution in [0.4, 0.5) is 8.78 Å². The summed E-state index contributed by atoms with van der Waals surface area (Å²) in [7, 11) is 0. The number of rotatable bonds is 3. The Bertz CT molecular complexity index is 613. The fraction of sp³-hybridized carbons (Fsp3) is 0.385. The van der Waals surface area contributed by atoms with Crippen LogP contribution < -0.4 is 5.73 Å². The van der Waals surface area contributed by atoms with Gasteiger partial charge in [-0.05, 0) is 6.07 Å². The molecule has 1 aromatic carbocycles. The molecule has 0 aliphatic carbocycles. The molecule has 106 valence electrons. The third-order valence-electron chi connectivity index (χ3n) is 3.65. The Hall–Kier alpha value is -1.86. The number of fused-ring (bicyclic) bond motifs is 1. The molecule has 1 aromatic heterocycles. The summed E-state index contributed by atoms with van der Waals surface area (Å²) in [5.74, 6) is -0.315. The van der Waals surface area contributed by atoms with Crippen LogP contribution in [0.15, 0.2) is 24.5 Å². The van der Waals surface area contributed by atoms with Gasteiger partial charge < -0.3 is 10.3 Å². The number of hydrogen-bond donors (Lipinski definition) is 1. The molecule has 20 heavy (non-hydrogen) atoms. The van der Waals surface area contributed by atoms with Gasteiger partial charge in [0.25, 0.3) is 0 Å². The average molecular weight is 279 g/mol. The lowest BCUT2D eigenvalue weighted by molar-refractivity contribution is 0.153. The van der Waals surface area contributed by atoms with E-state index in [9.17, 15) is 8.78 Å². The van der Waals surface area contributed by atoms with E-state index in [-0.39, 0.29) is 12.6 Å². The van der Waals surface area contributed by atoms with E-state index >= 15 is 0 Å². The Morgan fingerprint density at radius 2 is 2.15 bits per heavy atom. The van der Waals surface area contributed by atoms with Crippen molar-refractivity contribution in [3.05, 3.63) is 47.5 Å². The summed E-state index contributed by atoms with van der Waals surface area (Å²) in [6, 6.07) is 3.32. The van der Waals surface area contributed by atoms with Gasteiger partial charge in [-0.25, -0.2) is 8.78 Å². The van der Waals surface area contributed by atoms with Gasteiger partial charge >= 0.3 is 0 Å². The molecule has 2 N–H and O–H groups in total. The highest BCUT2D eigenvalue weighted by atomic mass is 19.1. The predicted molar refractivity (Wildman–Crippen MR) is 68.6 cm³/mol. The van der Waals surface area contributed by atoms with E-state index in [1.807, 2.05) is 9.47 Å². The lowest BCUT2D eigenvalue weighted by Crippen LogP contribution is -2.40. The maximum absolute atomic E-state index is 13.9. The highest BCUT2D eigenvalue weighted by Crippen LogP contribution is 2.26. The first-order valence-electron chi connectivity index (χ1n) is 6.45. The lowest BCUT2D eigenvalue weighted by atomic mass is 10.0. The molecule has 2 heterocycles. The first kappa shape index (κ1) is 13.1. The Balaban J connectivity index is 1.87. The molecule has 1 aliphatic rings. The second-order valence-corrected chi connectivity index (χ2v) is 4.83. The van der Waals surface area contributed by atoms with Crippen molar-refractivity contribution in [2.24, 2.45) is 5.73 Å². The van der Waals surface area contributed by atoms with E-state index < -0.39 is 11.6 Å². The van der Waals surface area contributed by atoms with Crippen molar-refractivity contribution in [3.63, 3.8) is 0 Å². The molecule has 0 radical (unpaired) electrons. The van der Waals surface area contributed by atoms with Crippen LogP contribution >= 0.6 is 0 Å². The quantitative estimate of drug-likeness (QED) is 0.913. The molecule has 0 spiro atoms. The second kappa shape index (κ2) is 5.26. The zero-order valence-electron chi connectivity index (χ0n) is 10.8. The Morgan fingerprint density at radius 3 is 2.90 bits per heavy atom. The number of benzene rings is 1. The van der Waals surface area contributed by atoms with Gasteiger partial charge in [0.1, 0.15) is 23.8 Å². The summed E-state index contributed by atoms with van der Waals surface area (Å²) in [4.78, 5) is 2.04. The van der Waals surface area contributed by atoms with Crippen molar-refractivity contribution in [1.29, 1.82) is 0 Å². The summed E-state index contributed by atoms with van der Waals surface area (Å²) in [5, 5.41) is 7.89. The van der Waals surface area contributed by atoms with Gasteiger partial charge in [-0.1, -0.05) is 6.07 Å².